The Morgan fingerprint density at radius 3 is 1.58 bits per heavy atom. The predicted molar refractivity (Wildman–Crippen MR) is 85.4 cm³/mol. The summed E-state index contributed by atoms with van der Waals surface area (Å²) in [5.74, 6) is 1.70. The van der Waals surface area contributed by atoms with Gasteiger partial charge in [-0.3, -0.25) is 4.79 Å². The van der Waals surface area contributed by atoms with Crippen molar-refractivity contribution in [2.75, 3.05) is 0 Å². The molecule has 0 aromatic heterocycles. The molecule has 1 radical (unpaired) electrons. The molecule has 113 valence electrons. The van der Waals surface area contributed by atoms with Crippen LogP contribution in [0.4, 0.5) is 0 Å². The van der Waals surface area contributed by atoms with Crippen LogP contribution in [0, 0.1) is 24.2 Å². The SMILES string of the molecule is CC[CH]C(=O)O[Si](CC(C)C)(CC(C)C)CC(C)C. The highest BCUT2D eigenvalue weighted by molar-refractivity contribution is 6.75. The van der Waals surface area contributed by atoms with E-state index >= 15 is 0 Å². The van der Waals surface area contributed by atoms with Crippen molar-refractivity contribution in [3.8, 4) is 0 Å². The average Bonchev–Trinajstić information content (AvgIpc) is 2.12. The van der Waals surface area contributed by atoms with Gasteiger partial charge < -0.3 is 4.43 Å². The van der Waals surface area contributed by atoms with Gasteiger partial charge in [-0.2, -0.15) is 0 Å². The second-order valence-corrected chi connectivity index (χ2v) is 10.8. The van der Waals surface area contributed by atoms with Crippen molar-refractivity contribution < 1.29 is 9.22 Å². The molecule has 0 saturated heterocycles. The molecule has 3 heteroatoms. The summed E-state index contributed by atoms with van der Waals surface area (Å²) in [6.07, 6.45) is 2.44. The molecule has 0 N–H and O–H groups in total. The first-order valence-electron chi connectivity index (χ1n) is 7.77. The number of carbonyl (C=O) groups is 1. The van der Waals surface area contributed by atoms with E-state index in [4.69, 9.17) is 4.43 Å². The van der Waals surface area contributed by atoms with E-state index in [1.165, 1.54) is 0 Å². The van der Waals surface area contributed by atoms with Crippen molar-refractivity contribution >= 4 is 14.3 Å². The molecule has 0 unspecified atom stereocenters. The minimum Gasteiger partial charge on any atom is -0.519 e. The monoisotopic (exact) mass is 285 g/mol. The Balaban J connectivity index is 5.03. The van der Waals surface area contributed by atoms with Crippen LogP contribution in [-0.4, -0.2) is 14.3 Å². The fraction of sp³-hybridized carbons (Fsp3) is 0.875. The summed E-state index contributed by atoms with van der Waals surface area (Å²) < 4.78 is 6.06. The quantitative estimate of drug-likeness (QED) is 0.554. The van der Waals surface area contributed by atoms with Gasteiger partial charge in [0.2, 0.25) is 0 Å². The van der Waals surface area contributed by atoms with Gasteiger partial charge in [0.05, 0.1) is 6.42 Å². The van der Waals surface area contributed by atoms with Crippen LogP contribution in [0.25, 0.3) is 0 Å². The van der Waals surface area contributed by atoms with Crippen LogP contribution in [0.2, 0.25) is 18.1 Å². The summed E-state index contributed by atoms with van der Waals surface area (Å²) in [6, 6.07) is 3.27. The van der Waals surface area contributed by atoms with E-state index in [9.17, 15) is 4.79 Å². The Morgan fingerprint density at radius 1 is 0.947 bits per heavy atom. The standard InChI is InChI=1S/C16H33O2Si/c1-8-9-16(17)18-19(10-13(2)3,11-14(4)5)12-15(6)7/h9,13-15H,8,10-12H2,1-7H3. The third-order valence-electron chi connectivity index (χ3n) is 3.03. The molecule has 0 bridgehead atoms. The van der Waals surface area contributed by atoms with Gasteiger partial charge in [-0.1, -0.05) is 48.5 Å². The smallest absolute Gasteiger partial charge is 0.296 e. The zero-order chi connectivity index (χ0) is 15.1. The lowest BCUT2D eigenvalue weighted by molar-refractivity contribution is -0.131. The Kier molecular flexibility index (Phi) is 8.63. The largest absolute Gasteiger partial charge is 0.519 e. The molecule has 0 aliphatic heterocycles. The van der Waals surface area contributed by atoms with E-state index in [0.29, 0.717) is 17.8 Å². The maximum Gasteiger partial charge on any atom is 0.296 e. The predicted octanol–water partition coefficient (Wildman–Crippen LogP) is 5.06. The van der Waals surface area contributed by atoms with Gasteiger partial charge in [-0.15, -0.1) is 0 Å². The van der Waals surface area contributed by atoms with Crippen molar-refractivity contribution in [3.05, 3.63) is 6.42 Å². The van der Waals surface area contributed by atoms with Crippen LogP contribution in [0.3, 0.4) is 0 Å². The molecule has 0 saturated carbocycles. The molecule has 0 atom stereocenters. The summed E-state index contributed by atoms with van der Waals surface area (Å²) in [5.41, 5.74) is 0. The van der Waals surface area contributed by atoms with Crippen LogP contribution in [0.1, 0.15) is 54.9 Å². The molecule has 0 fully saturated rings. The Labute approximate surface area is 121 Å². The first kappa shape index (κ1) is 18.7. The Hall–Kier alpha value is -0.313. The molecule has 0 rings (SSSR count). The van der Waals surface area contributed by atoms with Crippen molar-refractivity contribution in [2.24, 2.45) is 17.8 Å². The molecule has 0 aromatic rings. The normalized spacial score (nSPS) is 12.5. The fourth-order valence-corrected chi connectivity index (χ4v) is 8.75. The number of hydrogen-bond acceptors (Lipinski definition) is 2. The van der Waals surface area contributed by atoms with E-state index in [-0.39, 0.29) is 5.97 Å². The van der Waals surface area contributed by atoms with Gasteiger partial charge in [-0.25, -0.2) is 0 Å². The van der Waals surface area contributed by atoms with E-state index in [1.807, 2.05) is 6.92 Å². The first-order valence-corrected chi connectivity index (χ1v) is 10.3. The lowest BCUT2D eigenvalue weighted by atomic mass is 10.2. The molecule has 0 aliphatic carbocycles. The maximum absolute atomic E-state index is 12.0. The summed E-state index contributed by atoms with van der Waals surface area (Å²) in [7, 11) is -1.97. The molecule has 0 aromatic carbocycles. The molecule has 0 heterocycles. The second-order valence-electron chi connectivity index (χ2n) is 7.01. The average molecular weight is 286 g/mol. The zero-order valence-corrected chi connectivity index (χ0v) is 15.0. The Bertz CT molecular complexity index is 233. The lowest BCUT2D eigenvalue weighted by Crippen LogP contribution is -2.44. The molecule has 19 heavy (non-hydrogen) atoms. The minimum atomic E-state index is -1.97. The minimum absolute atomic E-state index is 0.0869. The van der Waals surface area contributed by atoms with Crippen LogP contribution < -0.4 is 0 Å². The molecular formula is C16H33O2Si. The van der Waals surface area contributed by atoms with Crippen LogP contribution >= 0.6 is 0 Å². The van der Waals surface area contributed by atoms with Crippen molar-refractivity contribution in [1.29, 1.82) is 0 Å². The van der Waals surface area contributed by atoms with Crippen LogP contribution in [0.5, 0.6) is 0 Å². The van der Waals surface area contributed by atoms with E-state index in [0.717, 1.165) is 24.6 Å². The second kappa shape index (κ2) is 8.78. The first-order chi connectivity index (χ1) is 8.70. The third-order valence-corrected chi connectivity index (χ3v) is 8.34. The molecule has 0 amide bonds. The van der Waals surface area contributed by atoms with Crippen LogP contribution in [-0.2, 0) is 9.22 Å². The summed E-state index contributed by atoms with van der Waals surface area (Å²) in [4.78, 5) is 12.0. The van der Waals surface area contributed by atoms with Crippen molar-refractivity contribution in [2.45, 2.75) is 73.0 Å². The van der Waals surface area contributed by atoms with Gasteiger partial charge in [-0.05, 0) is 42.3 Å². The fourth-order valence-electron chi connectivity index (χ4n) is 3.03. The van der Waals surface area contributed by atoms with Crippen molar-refractivity contribution in [1.82, 2.24) is 0 Å². The number of carbonyl (C=O) groups excluding carboxylic acids is 1. The highest BCUT2D eigenvalue weighted by atomic mass is 28.4. The third kappa shape index (κ3) is 8.46. The van der Waals surface area contributed by atoms with Crippen molar-refractivity contribution in [3.63, 3.8) is 0 Å². The zero-order valence-electron chi connectivity index (χ0n) is 14.0. The van der Waals surface area contributed by atoms with E-state index < -0.39 is 8.32 Å². The van der Waals surface area contributed by atoms with Gasteiger partial charge in [0, 0.05) is 0 Å². The number of hydrogen-bond donors (Lipinski definition) is 0. The van der Waals surface area contributed by atoms with Gasteiger partial charge in [0.15, 0.2) is 0 Å². The summed E-state index contributed by atoms with van der Waals surface area (Å²) in [5, 5.41) is 0. The van der Waals surface area contributed by atoms with E-state index in [2.05, 4.69) is 41.5 Å². The van der Waals surface area contributed by atoms with Gasteiger partial charge in [0.25, 0.3) is 14.3 Å². The van der Waals surface area contributed by atoms with Crippen LogP contribution in [0.15, 0.2) is 0 Å². The molecule has 0 aliphatic rings. The summed E-state index contributed by atoms with van der Waals surface area (Å²) in [6.45, 7) is 15.4. The number of rotatable bonds is 9. The summed E-state index contributed by atoms with van der Waals surface area (Å²) >= 11 is 0. The maximum atomic E-state index is 12.0. The highest BCUT2D eigenvalue weighted by Crippen LogP contribution is 2.33. The molecule has 2 nitrogen and oxygen atoms in total. The molecule has 0 spiro atoms. The highest BCUT2D eigenvalue weighted by Gasteiger charge is 2.40. The molecular weight excluding hydrogens is 252 g/mol. The Morgan fingerprint density at radius 2 is 1.32 bits per heavy atom. The van der Waals surface area contributed by atoms with E-state index in [1.54, 1.807) is 6.42 Å². The van der Waals surface area contributed by atoms with Gasteiger partial charge >= 0.3 is 0 Å². The lowest BCUT2D eigenvalue weighted by Gasteiger charge is -2.35. The topological polar surface area (TPSA) is 26.3 Å². The van der Waals surface area contributed by atoms with Gasteiger partial charge in [0.1, 0.15) is 0 Å².